The topological polar surface area (TPSA) is 41.1 Å². The van der Waals surface area contributed by atoms with Crippen molar-refractivity contribution in [3.63, 3.8) is 0 Å². The Morgan fingerprint density at radius 1 is 1.17 bits per heavy atom. The Morgan fingerprint density at radius 2 is 1.89 bits per heavy atom. The SMILES string of the molecule is CCN(c1cnc(CNCC(C)C)cn1)C(C)C. The van der Waals surface area contributed by atoms with Crippen molar-refractivity contribution in [3.8, 4) is 0 Å². The Kier molecular flexibility index (Phi) is 6.05. The highest BCUT2D eigenvalue weighted by molar-refractivity contribution is 5.36. The zero-order chi connectivity index (χ0) is 13.5. The molecule has 0 spiro atoms. The molecule has 0 saturated heterocycles. The van der Waals surface area contributed by atoms with Crippen molar-refractivity contribution < 1.29 is 0 Å². The Hall–Kier alpha value is -1.16. The van der Waals surface area contributed by atoms with E-state index in [2.05, 4.69) is 54.8 Å². The van der Waals surface area contributed by atoms with Crippen LogP contribution in [0.15, 0.2) is 12.4 Å². The van der Waals surface area contributed by atoms with Crippen LogP contribution in [0.4, 0.5) is 5.82 Å². The van der Waals surface area contributed by atoms with Crippen molar-refractivity contribution in [2.75, 3.05) is 18.0 Å². The second-order valence-corrected chi connectivity index (χ2v) is 5.27. The van der Waals surface area contributed by atoms with E-state index in [0.29, 0.717) is 12.0 Å². The molecule has 0 amide bonds. The van der Waals surface area contributed by atoms with Gasteiger partial charge in [-0.05, 0) is 33.2 Å². The summed E-state index contributed by atoms with van der Waals surface area (Å²) in [5.74, 6) is 1.62. The van der Waals surface area contributed by atoms with Crippen LogP contribution in [0.3, 0.4) is 0 Å². The first-order valence-electron chi connectivity index (χ1n) is 6.82. The maximum Gasteiger partial charge on any atom is 0.147 e. The van der Waals surface area contributed by atoms with Gasteiger partial charge < -0.3 is 10.2 Å². The molecule has 0 fully saturated rings. The molecule has 1 aromatic heterocycles. The van der Waals surface area contributed by atoms with Gasteiger partial charge in [0.2, 0.25) is 0 Å². The molecule has 18 heavy (non-hydrogen) atoms. The molecular formula is C14H26N4. The van der Waals surface area contributed by atoms with Crippen molar-refractivity contribution in [1.82, 2.24) is 15.3 Å². The second-order valence-electron chi connectivity index (χ2n) is 5.27. The molecule has 102 valence electrons. The van der Waals surface area contributed by atoms with Crippen molar-refractivity contribution in [2.45, 2.75) is 47.2 Å². The van der Waals surface area contributed by atoms with Crippen molar-refractivity contribution in [1.29, 1.82) is 0 Å². The van der Waals surface area contributed by atoms with Crippen LogP contribution in [0.25, 0.3) is 0 Å². The van der Waals surface area contributed by atoms with E-state index in [1.165, 1.54) is 0 Å². The van der Waals surface area contributed by atoms with E-state index >= 15 is 0 Å². The van der Waals surface area contributed by atoms with Crippen LogP contribution in [0.1, 0.15) is 40.3 Å². The molecule has 4 heteroatoms. The zero-order valence-corrected chi connectivity index (χ0v) is 12.3. The van der Waals surface area contributed by atoms with E-state index in [1.54, 1.807) is 0 Å². The lowest BCUT2D eigenvalue weighted by atomic mass is 10.2. The van der Waals surface area contributed by atoms with E-state index in [-0.39, 0.29) is 0 Å². The van der Waals surface area contributed by atoms with Gasteiger partial charge in [0, 0.05) is 19.1 Å². The number of anilines is 1. The van der Waals surface area contributed by atoms with Gasteiger partial charge in [0.05, 0.1) is 18.1 Å². The highest BCUT2D eigenvalue weighted by Gasteiger charge is 2.09. The third kappa shape index (κ3) is 4.61. The number of hydrogen-bond donors (Lipinski definition) is 1. The molecule has 0 aliphatic carbocycles. The summed E-state index contributed by atoms with van der Waals surface area (Å²) < 4.78 is 0. The Labute approximate surface area is 111 Å². The summed E-state index contributed by atoms with van der Waals surface area (Å²) in [6.07, 6.45) is 3.74. The van der Waals surface area contributed by atoms with E-state index in [0.717, 1.165) is 31.1 Å². The largest absolute Gasteiger partial charge is 0.353 e. The van der Waals surface area contributed by atoms with Crippen LogP contribution in [-0.2, 0) is 6.54 Å². The third-order valence-electron chi connectivity index (χ3n) is 2.81. The molecule has 0 aliphatic heterocycles. The highest BCUT2D eigenvalue weighted by Crippen LogP contribution is 2.12. The molecule has 0 aliphatic rings. The normalized spacial score (nSPS) is 11.3. The minimum Gasteiger partial charge on any atom is -0.353 e. The summed E-state index contributed by atoms with van der Waals surface area (Å²) in [6.45, 7) is 13.6. The van der Waals surface area contributed by atoms with Gasteiger partial charge in [-0.1, -0.05) is 13.8 Å². The van der Waals surface area contributed by atoms with Gasteiger partial charge in [0.25, 0.3) is 0 Å². The summed E-state index contributed by atoms with van der Waals surface area (Å²) in [5.41, 5.74) is 0.999. The molecule has 0 unspecified atom stereocenters. The standard InChI is InChI=1S/C14H26N4/c1-6-18(12(4)5)14-10-16-13(9-17-14)8-15-7-11(2)3/h9-12,15H,6-8H2,1-5H3. The number of nitrogens with zero attached hydrogens (tertiary/aromatic N) is 3. The number of nitrogens with one attached hydrogen (secondary N) is 1. The summed E-state index contributed by atoms with van der Waals surface area (Å²) in [7, 11) is 0. The lowest BCUT2D eigenvalue weighted by Crippen LogP contribution is -2.31. The average molecular weight is 250 g/mol. The smallest absolute Gasteiger partial charge is 0.147 e. The van der Waals surface area contributed by atoms with Gasteiger partial charge in [-0.25, -0.2) is 4.98 Å². The first-order chi connectivity index (χ1) is 8.54. The fourth-order valence-electron chi connectivity index (χ4n) is 1.87. The number of hydrogen-bond acceptors (Lipinski definition) is 4. The first kappa shape index (κ1) is 14.9. The average Bonchev–Trinajstić information content (AvgIpc) is 2.31. The Balaban J connectivity index is 2.56. The second kappa shape index (κ2) is 7.31. The van der Waals surface area contributed by atoms with E-state index in [4.69, 9.17) is 0 Å². The summed E-state index contributed by atoms with van der Waals surface area (Å²) in [5, 5.41) is 3.37. The van der Waals surface area contributed by atoms with Gasteiger partial charge >= 0.3 is 0 Å². The summed E-state index contributed by atoms with van der Waals surface area (Å²) >= 11 is 0. The minimum absolute atomic E-state index is 0.453. The van der Waals surface area contributed by atoms with Crippen LogP contribution in [0.2, 0.25) is 0 Å². The van der Waals surface area contributed by atoms with E-state index < -0.39 is 0 Å². The first-order valence-corrected chi connectivity index (χ1v) is 6.82. The molecule has 1 N–H and O–H groups in total. The van der Waals surface area contributed by atoms with Gasteiger partial charge in [-0.2, -0.15) is 0 Å². The maximum absolute atomic E-state index is 4.49. The quantitative estimate of drug-likeness (QED) is 0.807. The van der Waals surface area contributed by atoms with Crippen molar-refractivity contribution >= 4 is 5.82 Å². The van der Waals surface area contributed by atoms with Crippen molar-refractivity contribution in [2.24, 2.45) is 5.92 Å². The minimum atomic E-state index is 0.453. The molecule has 0 atom stereocenters. The summed E-state index contributed by atoms with van der Waals surface area (Å²) in [4.78, 5) is 11.2. The number of aromatic nitrogens is 2. The van der Waals surface area contributed by atoms with E-state index in [9.17, 15) is 0 Å². The van der Waals surface area contributed by atoms with Crippen LogP contribution < -0.4 is 10.2 Å². The van der Waals surface area contributed by atoms with Gasteiger partial charge in [-0.3, -0.25) is 4.98 Å². The molecule has 1 rings (SSSR count). The third-order valence-corrected chi connectivity index (χ3v) is 2.81. The van der Waals surface area contributed by atoms with Crippen molar-refractivity contribution in [3.05, 3.63) is 18.1 Å². The van der Waals surface area contributed by atoms with Gasteiger partial charge in [-0.15, -0.1) is 0 Å². The molecule has 0 radical (unpaired) electrons. The Bertz CT molecular complexity index is 332. The fraction of sp³-hybridized carbons (Fsp3) is 0.714. The van der Waals surface area contributed by atoms with Crippen LogP contribution in [-0.4, -0.2) is 29.1 Å². The number of rotatable bonds is 7. The lowest BCUT2D eigenvalue weighted by Gasteiger charge is -2.25. The summed E-state index contributed by atoms with van der Waals surface area (Å²) in [6, 6.07) is 0.453. The molecular weight excluding hydrogens is 224 g/mol. The zero-order valence-electron chi connectivity index (χ0n) is 12.3. The van der Waals surface area contributed by atoms with E-state index in [1.807, 2.05) is 12.4 Å². The molecule has 1 aromatic rings. The molecule has 0 saturated carbocycles. The predicted octanol–water partition coefficient (Wildman–Crippen LogP) is 2.46. The van der Waals surface area contributed by atoms with Gasteiger partial charge in [0.15, 0.2) is 0 Å². The lowest BCUT2D eigenvalue weighted by molar-refractivity contribution is 0.547. The predicted molar refractivity (Wildman–Crippen MR) is 76.7 cm³/mol. The Morgan fingerprint density at radius 3 is 2.33 bits per heavy atom. The molecule has 0 aromatic carbocycles. The molecule has 4 nitrogen and oxygen atoms in total. The van der Waals surface area contributed by atoms with Crippen LogP contribution >= 0.6 is 0 Å². The molecule has 1 heterocycles. The maximum atomic E-state index is 4.49. The highest BCUT2D eigenvalue weighted by atomic mass is 15.2. The fourth-order valence-corrected chi connectivity index (χ4v) is 1.87. The van der Waals surface area contributed by atoms with Crippen LogP contribution in [0, 0.1) is 5.92 Å². The monoisotopic (exact) mass is 250 g/mol. The molecule has 0 bridgehead atoms. The van der Waals surface area contributed by atoms with Gasteiger partial charge in [0.1, 0.15) is 5.82 Å². The van der Waals surface area contributed by atoms with Crippen LogP contribution in [0.5, 0.6) is 0 Å².